The van der Waals surface area contributed by atoms with Crippen LogP contribution >= 0.6 is 0 Å². The summed E-state index contributed by atoms with van der Waals surface area (Å²) in [7, 11) is 0. The van der Waals surface area contributed by atoms with Crippen molar-refractivity contribution in [1.82, 2.24) is 0 Å². The Bertz CT molecular complexity index is 439. The smallest absolute Gasteiger partial charge is 0.409 e. The summed E-state index contributed by atoms with van der Waals surface area (Å²) in [5.41, 5.74) is 5.39. The Morgan fingerprint density at radius 2 is 1.95 bits per heavy atom. The van der Waals surface area contributed by atoms with Gasteiger partial charge in [-0.15, -0.1) is 0 Å². The van der Waals surface area contributed by atoms with E-state index in [1.165, 1.54) is 19.3 Å². The van der Waals surface area contributed by atoms with Crippen LogP contribution in [0.1, 0.15) is 33.1 Å². The average Bonchev–Trinajstić information content (AvgIpc) is 2.67. The molecule has 1 aliphatic carbocycles. The maximum atomic E-state index is 10.6. The number of rotatable bonds is 4. The fourth-order valence-corrected chi connectivity index (χ4v) is 2.66. The van der Waals surface area contributed by atoms with Crippen LogP contribution in [0.15, 0.2) is 24.3 Å². The number of carbonyl (C=O) groups excluding carboxylic acids is 1. The highest BCUT2D eigenvalue weighted by Crippen LogP contribution is 2.40. The summed E-state index contributed by atoms with van der Waals surface area (Å²) in [5.74, 6) is 1.86. The average molecular weight is 263 g/mol. The third-order valence-electron chi connectivity index (χ3n) is 3.60. The number of hydrogen-bond donors (Lipinski definition) is 1. The number of hydrogen-bond acceptors (Lipinski definition) is 3. The molecule has 19 heavy (non-hydrogen) atoms. The van der Waals surface area contributed by atoms with Crippen molar-refractivity contribution in [1.29, 1.82) is 0 Å². The SMILES string of the molecule is CC1(C)CCC(COc2ccc(OC(N)=O)cc2)C1. The second kappa shape index (κ2) is 5.51. The highest BCUT2D eigenvalue weighted by Gasteiger charge is 2.31. The van der Waals surface area contributed by atoms with E-state index >= 15 is 0 Å². The van der Waals surface area contributed by atoms with Gasteiger partial charge in [0.15, 0.2) is 0 Å². The third-order valence-corrected chi connectivity index (χ3v) is 3.60. The minimum Gasteiger partial charge on any atom is -0.493 e. The predicted octanol–water partition coefficient (Wildman–Crippen LogP) is 3.35. The Balaban J connectivity index is 1.82. The fourth-order valence-electron chi connectivity index (χ4n) is 2.66. The predicted molar refractivity (Wildman–Crippen MR) is 73.3 cm³/mol. The molecule has 0 spiro atoms. The van der Waals surface area contributed by atoms with E-state index in [0.717, 1.165) is 12.4 Å². The zero-order chi connectivity index (χ0) is 13.9. The van der Waals surface area contributed by atoms with Crippen LogP contribution in [0.3, 0.4) is 0 Å². The van der Waals surface area contributed by atoms with E-state index in [1.807, 2.05) is 0 Å². The van der Waals surface area contributed by atoms with Crippen LogP contribution in [0.2, 0.25) is 0 Å². The number of benzene rings is 1. The van der Waals surface area contributed by atoms with Crippen LogP contribution in [-0.2, 0) is 0 Å². The summed E-state index contributed by atoms with van der Waals surface area (Å²) >= 11 is 0. The van der Waals surface area contributed by atoms with Crippen LogP contribution in [0.4, 0.5) is 4.79 Å². The van der Waals surface area contributed by atoms with Crippen LogP contribution < -0.4 is 15.2 Å². The largest absolute Gasteiger partial charge is 0.493 e. The molecule has 1 amide bonds. The first-order chi connectivity index (χ1) is 8.94. The van der Waals surface area contributed by atoms with Gasteiger partial charge >= 0.3 is 6.09 Å². The lowest BCUT2D eigenvalue weighted by molar-refractivity contribution is 0.210. The summed E-state index contributed by atoms with van der Waals surface area (Å²) in [6.07, 6.45) is 2.92. The Kier molecular flexibility index (Phi) is 3.98. The van der Waals surface area contributed by atoms with Crippen molar-refractivity contribution in [2.24, 2.45) is 17.1 Å². The molecule has 104 valence electrons. The second-order valence-corrected chi connectivity index (χ2v) is 5.98. The zero-order valence-electron chi connectivity index (χ0n) is 11.5. The zero-order valence-corrected chi connectivity index (χ0v) is 11.5. The Morgan fingerprint density at radius 3 is 2.47 bits per heavy atom. The minimum absolute atomic E-state index is 0.432. The van der Waals surface area contributed by atoms with E-state index < -0.39 is 6.09 Å². The lowest BCUT2D eigenvalue weighted by Crippen LogP contribution is -2.16. The number of primary amides is 1. The first-order valence-corrected chi connectivity index (χ1v) is 6.65. The summed E-state index contributed by atoms with van der Waals surface area (Å²) in [4.78, 5) is 10.6. The van der Waals surface area contributed by atoms with E-state index in [9.17, 15) is 4.79 Å². The molecule has 0 heterocycles. The molecular formula is C15H21NO3. The van der Waals surface area contributed by atoms with E-state index in [-0.39, 0.29) is 0 Å². The van der Waals surface area contributed by atoms with Crippen molar-refractivity contribution in [2.45, 2.75) is 33.1 Å². The lowest BCUT2D eigenvalue weighted by Gasteiger charge is -2.17. The molecule has 1 fully saturated rings. The van der Waals surface area contributed by atoms with Gasteiger partial charge in [0.05, 0.1) is 6.61 Å². The van der Waals surface area contributed by atoms with Crippen molar-refractivity contribution < 1.29 is 14.3 Å². The molecule has 2 N–H and O–H groups in total. The number of nitrogens with two attached hydrogens (primary N) is 1. The Morgan fingerprint density at radius 1 is 1.32 bits per heavy atom. The van der Waals surface area contributed by atoms with E-state index in [2.05, 4.69) is 13.8 Å². The minimum atomic E-state index is -0.804. The van der Waals surface area contributed by atoms with E-state index in [0.29, 0.717) is 17.1 Å². The first-order valence-electron chi connectivity index (χ1n) is 6.65. The first kappa shape index (κ1) is 13.7. The van der Waals surface area contributed by atoms with Crippen molar-refractivity contribution >= 4 is 6.09 Å². The number of amides is 1. The highest BCUT2D eigenvalue weighted by molar-refractivity contribution is 5.68. The molecule has 0 radical (unpaired) electrons. The van der Waals surface area contributed by atoms with Crippen molar-refractivity contribution in [3.63, 3.8) is 0 Å². The summed E-state index contributed by atoms with van der Waals surface area (Å²) in [6.45, 7) is 5.37. The topological polar surface area (TPSA) is 61.6 Å². The van der Waals surface area contributed by atoms with Gasteiger partial charge in [-0.05, 0) is 54.9 Å². The molecule has 1 aromatic carbocycles. The van der Waals surface area contributed by atoms with Gasteiger partial charge in [0.25, 0.3) is 0 Å². The monoisotopic (exact) mass is 263 g/mol. The van der Waals surface area contributed by atoms with Crippen LogP contribution in [0.25, 0.3) is 0 Å². The lowest BCUT2D eigenvalue weighted by atomic mass is 9.91. The molecule has 4 nitrogen and oxygen atoms in total. The molecule has 1 aromatic rings. The highest BCUT2D eigenvalue weighted by atomic mass is 16.5. The van der Waals surface area contributed by atoms with Gasteiger partial charge < -0.3 is 15.2 Å². The summed E-state index contributed by atoms with van der Waals surface area (Å²) in [6, 6.07) is 6.94. The van der Waals surface area contributed by atoms with Crippen molar-refractivity contribution in [3.8, 4) is 11.5 Å². The number of ether oxygens (including phenoxy) is 2. The van der Waals surface area contributed by atoms with Crippen molar-refractivity contribution in [3.05, 3.63) is 24.3 Å². The fraction of sp³-hybridized carbons (Fsp3) is 0.533. The van der Waals surface area contributed by atoms with Gasteiger partial charge in [-0.25, -0.2) is 4.79 Å². The third kappa shape index (κ3) is 4.16. The molecule has 0 aromatic heterocycles. The van der Waals surface area contributed by atoms with Crippen LogP contribution in [0, 0.1) is 11.3 Å². The van der Waals surface area contributed by atoms with Gasteiger partial charge in [-0.2, -0.15) is 0 Å². The van der Waals surface area contributed by atoms with Crippen LogP contribution in [0.5, 0.6) is 11.5 Å². The molecule has 0 aliphatic heterocycles. The molecule has 0 saturated heterocycles. The van der Waals surface area contributed by atoms with E-state index in [4.69, 9.17) is 15.2 Å². The van der Waals surface area contributed by atoms with Gasteiger partial charge in [0.2, 0.25) is 0 Å². The maximum absolute atomic E-state index is 10.6. The quantitative estimate of drug-likeness (QED) is 0.906. The molecule has 2 rings (SSSR count). The number of carbonyl (C=O) groups is 1. The molecule has 4 heteroatoms. The van der Waals surface area contributed by atoms with Crippen molar-refractivity contribution in [2.75, 3.05) is 6.61 Å². The molecular weight excluding hydrogens is 242 g/mol. The Labute approximate surface area is 113 Å². The molecule has 1 saturated carbocycles. The van der Waals surface area contributed by atoms with Gasteiger partial charge in [-0.1, -0.05) is 13.8 Å². The molecule has 1 atom stereocenters. The second-order valence-electron chi connectivity index (χ2n) is 5.98. The summed E-state index contributed by atoms with van der Waals surface area (Å²) in [5, 5.41) is 0. The van der Waals surface area contributed by atoms with E-state index in [1.54, 1.807) is 24.3 Å². The molecule has 1 unspecified atom stereocenters. The Hall–Kier alpha value is -1.71. The van der Waals surface area contributed by atoms with Gasteiger partial charge in [-0.3, -0.25) is 0 Å². The molecule has 1 aliphatic rings. The van der Waals surface area contributed by atoms with Gasteiger partial charge in [0, 0.05) is 0 Å². The normalized spacial score (nSPS) is 21.1. The molecule has 0 bridgehead atoms. The standard InChI is InChI=1S/C15H21NO3/c1-15(2)8-7-11(9-15)10-18-12-3-5-13(6-4-12)19-14(16)17/h3-6,11H,7-10H2,1-2H3,(H2,16,17). The summed E-state index contributed by atoms with van der Waals surface area (Å²) < 4.78 is 10.5. The van der Waals surface area contributed by atoms with Crippen LogP contribution in [-0.4, -0.2) is 12.7 Å². The van der Waals surface area contributed by atoms with Gasteiger partial charge in [0.1, 0.15) is 11.5 Å². The maximum Gasteiger partial charge on any atom is 0.409 e.